The predicted molar refractivity (Wildman–Crippen MR) is 119 cm³/mol. The Morgan fingerprint density at radius 3 is 2.41 bits per heavy atom. The molecule has 3 aliphatic rings. The molecular weight excluding hydrogens is 430 g/mol. The van der Waals surface area contributed by atoms with E-state index in [2.05, 4.69) is 5.32 Å². The van der Waals surface area contributed by atoms with Gasteiger partial charge in [-0.2, -0.15) is 4.31 Å². The van der Waals surface area contributed by atoms with Gasteiger partial charge in [-0.1, -0.05) is 17.7 Å². The number of carbonyl (C=O) groups excluding carboxylic acids is 2. The van der Waals surface area contributed by atoms with Gasteiger partial charge < -0.3 is 15.0 Å². The van der Waals surface area contributed by atoms with Crippen molar-refractivity contribution >= 4 is 21.8 Å². The largest absolute Gasteiger partial charge is 0.376 e. The molecule has 2 atom stereocenters. The molecule has 1 aromatic rings. The van der Waals surface area contributed by atoms with E-state index in [0.717, 1.165) is 31.4 Å². The van der Waals surface area contributed by atoms with Crippen molar-refractivity contribution in [2.45, 2.75) is 62.5 Å². The lowest BCUT2D eigenvalue weighted by atomic mass is 9.96. The summed E-state index contributed by atoms with van der Waals surface area (Å²) < 4.78 is 32.9. The molecule has 0 saturated carbocycles. The molecule has 0 bridgehead atoms. The van der Waals surface area contributed by atoms with E-state index in [0.29, 0.717) is 45.4 Å². The number of piperidine rings is 1. The number of nitrogens with zero attached hydrogens (tertiary/aromatic N) is 2. The van der Waals surface area contributed by atoms with E-state index >= 15 is 0 Å². The number of ether oxygens (including phenoxy) is 1. The van der Waals surface area contributed by atoms with Crippen LogP contribution < -0.4 is 5.32 Å². The van der Waals surface area contributed by atoms with Gasteiger partial charge in [0.15, 0.2) is 0 Å². The molecule has 3 saturated heterocycles. The number of hydrogen-bond acceptors (Lipinski definition) is 5. The van der Waals surface area contributed by atoms with Gasteiger partial charge in [-0.05, 0) is 57.6 Å². The van der Waals surface area contributed by atoms with Crippen LogP contribution >= 0.6 is 0 Å². The first-order valence-corrected chi connectivity index (χ1v) is 13.1. The first-order valence-electron chi connectivity index (χ1n) is 11.6. The average molecular weight is 464 g/mol. The Hall–Kier alpha value is -1.97. The van der Waals surface area contributed by atoms with Crippen LogP contribution in [0.5, 0.6) is 0 Å². The lowest BCUT2D eigenvalue weighted by Crippen LogP contribution is -2.50. The third-order valence-electron chi connectivity index (χ3n) is 6.83. The zero-order valence-corrected chi connectivity index (χ0v) is 19.5. The van der Waals surface area contributed by atoms with Crippen molar-refractivity contribution in [1.29, 1.82) is 0 Å². The number of carbonyl (C=O) groups is 2. The van der Waals surface area contributed by atoms with Crippen LogP contribution in [0.15, 0.2) is 29.2 Å². The Bertz CT molecular complexity index is 919. The van der Waals surface area contributed by atoms with Gasteiger partial charge in [0.25, 0.3) is 0 Å². The number of rotatable bonds is 6. The van der Waals surface area contributed by atoms with Gasteiger partial charge in [0.2, 0.25) is 21.8 Å². The molecule has 2 amide bonds. The Labute approximate surface area is 190 Å². The fourth-order valence-electron chi connectivity index (χ4n) is 4.88. The molecule has 3 aliphatic heterocycles. The Balaban J connectivity index is 1.32. The second-order valence-corrected chi connectivity index (χ2v) is 11.0. The maximum atomic E-state index is 13.2. The van der Waals surface area contributed by atoms with Crippen LogP contribution in [0.2, 0.25) is 0 Å². The summed E-state index contributed by atoms with van der Waals surface area (Å²) in [5.41, 5.74) is 1.01. The molecule has 4 rings (SSSR count). The van der Waals surface area contributed by atoms with E-state index in [1.54, 1.807) is 29.2 Å². The molecule has 1 N–H and O–H groups in total. The van der Waals surface area contributed by atoms with E-state index in [1.165, 1.54) is 4.31 Å². The van der Waals surface area contributed by atoms with Crippen LogP contribution in [0.1, 0.15) is 44.1 Å². The first-order chi connectivity index (χ1) is 15.4. The van der Waals surface area contributed by atoms with Crippen LogP contribution in [-0.2, 0) is 24.3 Å². The lowest BCUT2D eigenvalue weighted by Gasteiger charge is -2.34. The normalized spacial score (nSPS) is 25.2. The van der Waals surface area contributed by atoms with Gasteiger partial charge in [0, 0.05) is 38.7 Å². The van der Waals surface area contributed by atoms with Crippen LogP contribution in [0, 0.1) is 12.8 Å². The quantitative estimate of drug-likeness (QED) is 0.693. The number of aryl methyl sites for hydroxylation is 1. The minimum absolute atomic E-state index is 0.0212. The monoisotopic (exact) mass is 463 g/mol. The standard InChI is InChI=1S/C23H33N3O5S/c1-17-6-8-20(9-7-17)32(29,30)25-13-10-18(11-14-25)23(28)26-12-2-5-21(26)22(27)24-16-19-4-3-15-31-19/h6-9,18-19,21H,2-5,10-16H2,1H3,(H,24,27)/t19-,21+/m1/s1. The number of amides is 2. The predicted octanol–water partition coefficient (Wildman–Crippen LogP) is 1.68. The van der Waals surface area contributed by atoms with Crippen LogP contribution in [0.3, 0.4) is 0 Å². The summed E-state index contributed by atoms with van der Waals surface area (Å²) in [6, 6.07) is 6.41. The summed E-state index contributed by atoms with van der Waals surface area (Å²) in [5, 5.41) is 2.96. The van der Waals surface area contributed by atoms with Gasteiger partial charge in [-0.25, -0.2) is 8.42 Å². The van der Waals surface area contributed by atoms with Crippen molar-refractivity contribution in [2.24, 2.45) is 5.92 Å². The summed E-state index contributed by atoms with van der Waals surface area (Å²) in [6.45, 7) is 4.37. The maximum absolute atomic E-state index is 13.2. The van der Waals surface area contributed by atoms with Crippen molar-refractivity contribution in [2.75, 3.05) is 32.8 Å². The molecule has 9 heteroatoms. The molecule has 0 spiro atoms. The molecule has 176 valence electrons. The minimum Gasteiger partial charge on any atom is -0.376 e. The van der Waals surface area contributed by atoms with Gasteiger partial charge >= 0.3 is 0 Å². The third kappa shape index (κ3) is 5.00. The highest BCUT2D eigenvalue weighted by molar-refractivity contribution is 7.89. The topological polar surface area (TPSA) is 96.0 Å². The molecule has 0 unspecified atom stereocenters. The van der Waals surface area contributed by atoms with E-state index in [-0.39, 0.29) is 28.7 Å². The molecule has 3 heterocycles. The number of nitrogens with one attached hydrogen (secondary N) is 1. The zero-order valence-electron chi connectivity index (χ0n) is 18.7. The highest BCUT2D eigenvalue weighted by atomic mass is 32.2. The molecule has 32 heavy (non-hydrogen) atoms. The first kappa shape index (κ1) is 23.2. The van der Waals surface area contributed by atoms with Crippen molar-refractivity contribution in [3.63, 3.8) is 0 Å². The van der Waals surface area contributed by atoms with Crippen LogP contribution in [-0.4, -0.2) is 74.4 Å². The Morgan fingerprint density at radius 2 is 1.75 bits per heavy atom. The fraction of sp³-hybridized carbons (Fsp3) is 0.652. The molecule has 0 aliphatic carbocycles. The summed E-state index contributed by atoms with van der Waals surface area (Å²) in [7, 11) is -3.55. The van der Waals surface area contributed by atoms with Gasteiger partial charge in [0.05, 0.1) is 11.0 Å². The molecular formula is C23H33N3O5S. The number of hydrogen-bond donors (Lipinski definition) is 1. The summed E-state index contributed by atoms with van der Waals surface area (Å²) in [6.07, 6.45) is 4.48. The maximum Gasteiger partial charge on any atom is 0.243 e. The van der Waals surface area contributed by atoms with Gasteiger partial charge in [0.1, 0.15) is 6.04 Å². The van der Waals surface area contributed by atoms with E-state index < -0.39 is 16.1 Å². The number of benzene rings is 1. The fourth-order valence-corrected chi connectivity index (χ4v) is 6.35. The lowest BCUT2D eigenvalue weighted by molar-refractivity contribution is -0.142. The molecule has 1 aromatic carbocycles. The second kappa shape index (κ2) is 9.89. The van der Waals surface area contributed by atoms with Gasteiger partial charge in [-0.3, -0.25) is 9.59 Å². The number of sulfonamides is 1. The summed E-state index contributed by atoms with van der Waals surface area (Å²) in [4.78, 5) is 27.9. The zero-order chi connectivity index (χ0) is 22.7. The highest BCUT2D eigenvalue weighted by Crippen LogP contribution is 2.28. The molecule has 8 nitrogen and oxygen atoms in total. The van der Waals surface area contributed by atoms with E-state index in [1.807, 2.05) is 6.92 Å². The Kier molecular flexibility index (Phi) is 7.17. The molecule has 0 aromatic heterocycles. The molecule has 0 radical (unpaired) electrons. The van der Waals surface area contributed by atoms with Crippen molar-refractivity contribution in [3.8, 4) is 0 Å². The van der Waals surface area contributed by atoms with E-state index in [4.69, 9.17) is 4.74 Å². The summed E-state index contributed by atoms with van der Waals surface area (Å²) >= 11 is 0. The highest BCUT2D eigenvalue weighted by Gasteiger charge is 2.39. The number of likely N-dealkylation sites (tertiary alicyclic amines) is 1. The van der Waals surface area contributed by atoms with Crippen LogP contribution in [0.4, 0.5) is 0 Å². The summed E-state index contributed by atoms with van der Waals surface area (Å²) in [5.74, 6) is -0.371. The van der Waals surface area contributed by atoms with Crippen molar-refractivity contribution in [3.05, 3.63) is 29.8 Å². The second-order valence-electron chi connectivity index (χ2n) is 9.06. The average Bonchev–Trinajstić information content (AvgIpc) is 3.49. The smallest absolute Gasteiger partial charge is 0.243 e. The van der Waals surface area contributed by atoms with Crippen molar-refractivity contribution < 1.29 is 22.7 Å². The van der Waals surface area contributed by atoms with Crippen molar-refractivity contribution in [1.82, 2.24) is 14.5 Å². The third-order valence-corrected chi connectivity index (χ3v) is 8.74. The van der Waals surface area contributed by atoms with E-state index in [9.17, 15) is 18.0 Å². The SMILES string of the molecule is Cc1ccc(S(=O)(=O)N2CCC(C(=O)N3CCC[C@H]3C(=O)NC[C@H]3CCCO3)CC2)cc1. The van der Waals surface area contributed by atoms with Crippen LogP contribution in [0.25, 0.3) is 0 Å². The minimum atomic E-state index is -3.55. The molecule has 3 fully saturated rings. The van der Waals surface area contributed by atoms with Gasteiger partial charge in [-0.15, -0.1) is 0 Å². The Morgan fingerprint density at radius 1 is 1.03 bits per heavy atom.